The highest BCUT2D eigenvalue weighted by molar-refractivity contribution is 5.44. The standard InChI is InChI=1S/C16H28N2/c1-16(2,3)11-13-17-12-8-14-18(4)15-9-6-5-7-10-15/h5-7,9-10,17H,8,11-14H2,1-4H3. The predicted molar refractivity (Wildman–Crippen MR) is 81.3 cm³/mol. The lowest BCUT2D eigenvalue weighted by atomic mass is 9.92. The molecule has 0 saturated carbocycles. The lowest BCUT2D eigenvalue weighted by Crippen LogP contribution is -2.26. The van der Waals surface area contributed by atoms with Gasteiger partial charge in [-0.3, -0.25) is 0 Å². The molecule has 0 saturated heterocycles. The van der Waals surface area contributed by atoms with Gasteiger partial charge in [0.25, 0.3) is 0 Å². The van der Waals surface area contributed by atoms with Crippen LogP contribution in [0.5, 0.6) is 0 Å². The van der Waals surface area contributed by atoms with Crippen molar-refractivity contribution < 1.29 is 0 Å². The van der Waals surface area contributed by atoms with Gasteiger partial charge >= 0.3 is 0 Å². The fourth-order valence-corrected chi connectivity index (χ4v) is 1.84. The Kier molecular flexibility index (Phi) is 6.20. The maximum atomic E-state index is 3.52. The number of para-hydroxylation sites is 1. The van der Waals surface area contributed by atoms with E-state index in [4.69, 9.17) is 0 Å². The molecule has 2 heteroatoms. The van der Waals surface area contributed by atoms with E-state index in [-0.39, 0.29) is 0 Å². The number of hydrogen-bond donors (Lipinski definition) is 1. The van der Waals surface area contributed by atoms with Crippen LogP contribution in [-0.2, 0) is 0 Å². The summed E-state index contributed by atoms with van der Waals surface area (Å²) in [7, 11) is 2.16. The smallest absolute Gasteiger partial charge is 0.0363 e. The molecule has 0 atom stereocenters. The molecule has 0 unspecified atom stereocenters. The maximum absolute atomic E-state index is 3.52. The quantitative estimate of drug-likeness (QED) is 0.743. The minimum absolute atomic E-state index is 0.438. The molecule has 2 nitrogen and oxygen atoms in total. The van der Waals surface area contributed by atoms with Crippen LogP contribution < -0.4 is 10.2 Å². The summed E-state index contributed by atoms with van der Waals surface area (Å²) in [5.74, 6) is 0. The fraction of sp³-hybridized carbons (Fsp3) is 0.625. The first-order chi connectivity index (χ1) is 8.49. The predicted octanol–water partition coefficient (Wildman–Crippen LogP) is 3.54. The number of rotatable bonds is 7. The first-order valence-corrected chi connectivity index (χ1v) is 6.96. The van der Waals surface area contributed by atoms with Crippen LogP contribution >= 0.6 is 0 Å². The number of nitrogens with one attached hydrogen (secondary N) is 1. The summed E-state index contributed by atoms with van der Waals surface area (Å²) in [4.78, 5) is 2.31. The number of anilines is 1. The normalized spacial score (nSPS) is 11.6. The van der Waals surface area contributed by atoms with Crippen molar-refractivity contribution in [1.29, 1.82) is 0 Å². The van der Waals surface area contributed by atoms with E-state index >= 15 is 0 Å². The Hall–Kier alpha value is -1.02. The molecule has 1 rings (SSSR count). The molecule has 0 heterocycles. The molecule has 0 spiro atoms. The monoisotopic (exact) mass is 248 g/mol. The van der Waals surface area contributed by atoms with Gasteiger partial charge < -0.3 is 10.2 Å². The van der Waals surface area contributed by atoms with Crippen LogP contribution in [0.25, 0.3) is 0 Å². The van der Waals surface area contributed by atoms with Crippen molar-refractivity contribution in [3.63, 3.8) is 0 Å². The average Bonchev–Trinajstić information content (AvgIpc) is 2.33. The number of benzene rings is 1. The van der Waals surface area contributed by atoms with E-state index in [0.717, 1.165) is 19.6 Å². The minimum Gasteiger partial charge on any atom is -0.375 e. The third kappa shape index (κ3) is 6.65. The van der Waals surface area contributed by atoms with E-state index < -0.39 is 0 Å². The van der Waals surface area contributed by atoms with Gasteiger partial charge in [-0.05, 0) is 43.5 Å². The number of nitrogens with zero attached hydrogens (tertiary/aromatic N) is 1. The second-order valence-electron chi connectivity index (χ2n) is 6.17. The lowest BCUT2D eigenvalue weighted by molar-refractivity contribution is 0.367. The van der Waals surface area contributed by atoms with Crippen LogP contribution in [0.1, 0.15) is 33.6 Å². The molecular formula is C16H28N2. The highest BCUT2D eigenvalue weighted by Crippen LogP contribution is 2.16. The molecule has 0 amide bonds. The van der Waals surface area contributed by atoms with Crippen LogP contribution in [-0.4, -0.2) is 26.7 Å². The van der Waals surface area contributed by atoms with Gasteiger partial charge in [-0.1, -0.05) is 39.0 Å². The molecular weight excluding hydrogens is 220 g/mol. The SMILES string of the molecule is CN(CCCNCCC(C)(C)C)c1ccccc1. The van der Waals surface area contributed by atoms with Crippen LogP contribution in [0.4, 0.5) is 5.69 Å². The molecule has 1 N–H and O–H groups in total. The minimum atomic E-state index is 0.438. The fourth-order valence-electron chi connectivity index (χ4n) is 1.84. The Morgan fingerprint density at radius 2 is 1.72 bits per heavy atom. The van der Waals surface area contributed by atoms with Gasteiger partial charge in [0.15, 0.2) is 0 Å². The van der Waals surface area contributed by atoms with Gasteiger partial charge in [-0.2, -0.15) is 0 Å². The summed E-state index contributed by atoms with van der Waals surface area (Å²) < 4.78 is 0. The van der Waals surface area contributed by atoms with Gasteiger partial charge in [-0.25, -0.2) is 0 Å². The highest BCUT2D eigenvalue weighted by atomic mass is 15.1. The average molecular weight is 248 g/mol. The molecule has 0 aliphatic rings. The van der Waals surface area contributed by atoms with Gasteiger partial charge in [0.2, 0.25) is 0 Å². The largest absolute Gasteiger partial charge is 0.375 e. The first kappa shape index (κ1) is 15.0. The molecule has 0 fully saturated rings. The van der Waals surface area contributed by atoms with Crippen LogP contribution in [0.3, 0.4) is 0 Å². The summed E-state index contributed by atoms with van der Waals surface area (Å²) in [6.45, 7) is 10.2. The Bertz CT molecular complexity index is 314. The van der Waals surface area contributed by atoms with E-state index in [0.29, 0.717) is 5.41 Å². The highest BCUT2D eigenvalue weighted by Gasteiger charge is 2.08. The van der Waals surface area contributed by atoms with Crippen molar-refractivity contribution in [2.75, 3.05) is 31.6 Å². The van der Waals surface area contributed by atoms with Gasteiger partial charge in [0.1, 0.15) is 0 Å². The van der Waals surface area contributed by atoms with Crippen LogP contribution in [0.15, 0.2) is 30.3 Å². The van der Waals surface area contributed by atoms with Gasteiger partial charge in [0.05, 0.1) is 0 Å². The Morgan fingerprint density at radius 1 is 1.06 bits per heavy atom. The van der Waals surface area contributed by atoms with E-state index in [9.17, 15) is 0 Å². The summed E-state index contributed by atoms with van der Waals surface area (Å²) in [6.07, 6.45) is 2.43. The van der Waals surface area contributed by atoms with Crippen molar-refractivity contribution in [2.45, 2.75) is 33.6 Å². The third-order valence-electron chi connectivity index (χ3n) is 3.10. The van der Waals surface area contributed by atoms with E-state index in [1.54, 1.807) is 0 Å². The van der Waals surface area contributed by atoms with Gasteiger partial charge in [-0.15, -0.1) is 0 Å². The molecule has 1 aromatic rings. The van der Waals surface area contributed by atoms with Crippen molar-refractivity contribution in [1.82, 2.24) is 5.32 Å². The topological polar surface area (TPSA) is 15.3 Å². The maximum Gasteiger partial charge on any atom is 0.0363 e. The Labute approximate surface area is 112 Å². The zero-order valence-corrected chi connectivity index (χ0v) is 12.4. The summed E-state index contributed by atoms with van der Waals surface area (Å²) in [5, 5.41) is 3.52. The second-order valence-corrected chi connectivity index (χ2v) is 6.17. The van der Waals surface area contributed by atoms with Crippen molar-refractivity contribution in [2.24, 2.45) is 5.41 Å². The Morgan fingerprint density at radius 3 is 2.33 bits per heavy atom. The summed E-state index contributed by atoms with van der Waals surface area (Å²) in [6, 6.07) is 10.6. The first-order valence-electron chi connectivity index (χ1n) is 6.96. The second kappa shape index (κ2) is 7.42. The van der Waals surface area contributed by atoms with Crippen molar-refractivity contribution in [3.05, 3.63) is 30.3 Å². The summed E-state index contributed by atoms with van der Waals surface area (Å²) >= 11 is 0. The molecule has 102 valence electrons. The molecule has 0 aromatic heterocycles. The number of hydrogen-bond acceptors (Lipinski definition) is 2. The molecule has 0 aliphatic heterocycles. The van der Waals surface area contributed by atoms with Crippen LogP contribution in [0.2, 0.25) is 0 Å². The lowest BCUT2D eigenvalue weighted by Gasteiger charge is -2.20. The zero-order valence-electron chi connectivity index (χ0n) is 12.4. The molecule has 0 radical (unpaired) electrons. The molecule has 0 aliphatic carbocycles. The third-order valence-corrected chi connectivity index (χ3v) is 3.10. The Balaban J connectivity index is 2.08. The molecule has 18 heavy (non-hydrogen) atoms. The van der Waals surface area contributed by atoms with E-state index in [2.05, 4.69) is 68.4 Å². The van der Waals surface area contributed by atoms with Crippen LogP contribution in [0, 0.1) is 5.41 Å². The summed E-state index contributed by atoms with van der Waals surface area (Å²) in [5.41, 5.74) is 1.74. The zero-order chi connectivity index (χ0) is 13.4. The molecule has 0 bridgehead atoms. The van der Waals surface area contributed by atoms with E-state index in [1.165, 1.54) is 18.5 Å². The van der Waals surface area contributed by atoms with Crippen molar-refractivity contribution in [3.8, 4) is 0 Å². The van der Waals surface area contributed by atoms with Gasteiger partial charge in [0, 0.05) is 19.3 Å². The molecule has 1 aromatic carbocycles. The van der Waals surface area contributed by atoms with Crippen molar-refractivity contribution >= 4 is 5.69 Å². The van der Waals surface area contributed by atoms with E-state index in [1.807, 2.05) is 0 Å².